The van der Waals surface area contributed by atoms with Crippen molar-refractivity contribution in [3.63, 3.8) is 0 Å². The Morgan fingerprint density at radius 3 is 2.68 bits per heavy atom. The van der Waals surface area contributed by atoms with E-state index in [1.165, 1.54) is 25.0 Å². The summed E-state index contributed by atoms with van der Waals surface area (Å²) in [6.45, 7) is 3.53. The summed E-state index contributed by atoms with van der Waals surface area (Å²) in [6, 6.07) is 8.21. The first-order valence-corrected chi connectivity index (χ1v) is 10.4. The number of ether oxygens (including phenoxy) is 1. The second kappa shape index (κ2) is 7.99. The zero-order valence-electron chi connectivity index (χ0n) is 17.0. The third kappa shape index (κ3) is 4.09. The second-order valence-corrected chi connectivity index (χ2v) is 7.89. The number of benzene rings is 2. The summed E-state index contributed by atoms with van der Waals surface area (Å²) in [4.78, 5) is 18.0. The summed E-state index contributed by atoms with van der Waals surface area (Å²) in [6.07, 6.45) is 2.88. The standard InChI is InChI=1S/C22H24FN7O/c23-14-10-17-21(18(11-14)31-8-7-30-5-1-2-6-30)29-20(28-17)12-19-26-15-4-3-13(22(24)25)9-16(15)27-19/h3-4,9-11H,1-2,5-8,12H2,(H3,24,25)(H,26,27)(H,28,29). The van der Waals surface area contributed by atoms with Gasteiger partial charge in [-0.2, -0.15) is 0 Å². The molecule has 3 heterocycles. The van der Waals surface area contributed by atoms with Gasteiger partial charge in [0, 0.05) is 18.2 Å². The number of nitrogens with two attached hydrogens (primary N) is 1. The van der Waals surface area contributed by atoms with Crippen molar-refractivity contribution in [3.05, 3.63) is 53.4 Å². The molecule has 31 heavy (non-hydrogen) atoms. The normalized spacial score (nSPS) is 14.6. The maximum Gasteiger partial charge on any atom is 0.150 e. The van der Waals surface area contributed by atoms with E-state index in [2.05, 4.69) is 24.8 Å². The van der Waals surface area contributed by atoms with Gasteiger partial charge in [-0.1, -0.05) is 0 Å². The van der Waals surface area contributed by atoms with Crippen LogP contribution < -0.4 is 10.5 Å². The monoisotopic (exact) mass is 421 g/mol. The molecule has 0 atom stereocenters. The van der Waals surface area contributed by atoms with Crippen molar-refractivity contribution in [1.29, 1.82) is 5.41 Å². The fraction of sp³-hybridized carbons (Fsp3) is 0.318. The molecule has 1 aliphatic heterocycles. The van der Waals surface area contributed by atoms with Crippen LogP contribution in [-0.4, -0.2) is 56.9 Å². The highest BCUT2D eigenvalue weighted by Crippen LogP contribution is 2.26. The Morgan fingerprint density at radius 2 is 1.87 bits per heavy atom. The topological polar surface area (TPSA) is 120 Å². The van der Waals surface area contributed by atoms with E-state index in [0.29, 0.717) is 47.0 Å². The summed E-state index contributed by atoms with van der Waals surface area (Å²) in [7, 11) is 0. The molecule has 160 valence electrons. The Hall–Kier alpha value is -3.46. The first kappa shape index (κ1) is 19.5. The number of likely N-dealkylation sites (tertiary alicyclic amines) is 1. The third-order valence-electron chi connectivity index (χ3n) is 5.61. The van der Waals surface area contributed by atoms with E-state index < -0.39 is 0 Å². The molecule has 0 amide bonds. The molecule has 0 bridgehead atoms. The third-order valence-corrected chi connectivity index (χ3v) is 5.61. The van der Waals surface area contributed by atoms with Gasteiger partial charge < -0.3 is 20.4 Å². The number of halogens is 1. The second-order valence-electron chi connectivity index (χ2n) is 7.89. The lowest BCUT2D eigenvalue weighted by atomic mass is 10.2. The zero-order chi connectivity index (χ0) is 21.4. The first-order chi connectivity index (χ1) is 15.0. The Labute approximate surface area is 178 Å². The summed E-state index contributed by atoms with van der Waals surface area (Å²) in [5, 5.41) is 7.58. The van der Waals surface area contributed by atoms with Crippen LogP contribution in [0.3, 0.4) is 0 Å². The van der Waals surface area contributed by atoms with Crippen LogP contribution in [0.15, 0.2) is 30.3 Å². The minimum atomic E-state index is -0.362. The Bertz CT molecular complexity index is 1260. The molecule has 5 N–H and O–H groups in total. The number of amidine groups is 1. The van der Waals surface area contributed by atoms with Gasteiger partial charge in [0.15, 0.2) is 0 Å². The predicted molar refractivity (Wildman–Crippen MR) is 117 cm³/mol. The minimum Gasteiger partial charge on any atom is -0.490 e. The highest BCUT2D eigenvalue weighted by atomic mass is 19.1. The van der Waals surface area contributed by atoms with E-state index in [0.717, 1.165) is 30.7 Å². The smallest absolute Gasteiger partial charge is 0.150 e. The van der Waals surface area contributed by atoms with E-state index in [1.54, 1.807) is 12.1 Å². The van der Waals surface area contributed by atoms with E-state index in [9.17, 15) is 4.39 Å². The molecule has 4 aromatic rings. The minimum absolute atomic E-state index is 0.00891. The highest BCUT2D eigenvalue weighted by molar-refractivity contribution is 5.97. The lowest BCUT2D eigenvalue weighted by molar-refractivity contribution is 0.239. The van der Waals surface area contributed by atoms with Gasteiger partial charge in [0.1, 0.15) is 41.2 Å². The number of nitrogens with one attached hydrogen (secondary N) is 3. The summed E-state index contributed by atoms with van der Waals surface area (Å²) >= 11 is 0. The quantitative estimate of drug-likeness (QED) is 0.270. The molecule has 2 aromatic heterocycles. The van der Waals surface area contributed by atoms with Crippen LogP contribution in [0.25, 0.3) is 22.1 Å². The number of aromatic amines is 2. The summed E-state index contributed by atoms with van der Waals surface area (Å²) < 4.78 is 20.0. The number of rotatable bonds is 7. The van der Waals surface area contributed by atoms with Crippen LogP contribution in [0.1, 0.15) is 30.1 Å². The number of hydrogen-bond donors (Lipinski definition) is 4. The van der Waals surface area contributed by atoms with E-state index in [4.69, 9.17) is 15.9 Å². The highest BCUT2D eigenvalue weighted by Gasteiger charge is 2.15. The lowest BCUT2D eigenvalue weighted by Crippen LogP contribution is -2.25. The number of aromatic nitrogens is 4. The van der Waals surface area contributed by atoms with Crippen molar-refractivity contribution in [3.8, 4) is 5.75 Å². The molecule has 9 heteroatoms. The fourth-order valence-corrected chi connectivity index (χ4v) is 4.06. The van der Waals surface area contributed by atoms with Crippen molar-refractivity contribution in [1.82, 2.24) is 24.8 Å². The Morgan fingerprint density at radius 1 is 1.10 bits per heavy atom. The summed E-state index contributed by atoms with van der Waals surface area (Å²) in [5.41, 5.74) is 9.00. The molecule has 1 fully saturated rings. The molecule has 0 spiro atoms. The van der Waals surface area contributed by atoms with Crippen molar-refractivity contribution < 1.29 is 9.13 Å². The number of imidazole rings is 2. The van der Waals surface area contributed by atoms with E-state index >= 15 is 0 Å². The fourth-order valence-electron chi connectivity index (χ4n) is 4.06. The van der Waals surface area contributed by atoms with Gasteiger partial charge in [0.05, 0.1) is 23.0 Å². The number of H-pyrrole nitrogens is 2. The molecule has 2 aromatic carbocycles. The number of hydrogen-bond acceptors (Lipinski definition) is 5. The largest absolute Gasteiger partial charge is 0.490 e. The van der Waals surface area contributed by atoms with Gasteiger partial charge in [-0.15, -0.1) is 0 Å². The maximum atomic E-state index is 14.1. The van der Waals surface area contributed by atoms with Gasteiger partial charge in [0.25, 0.3) is 0 Å². The van der Waals surface area contributed by atoms with Crippen molar-refractivity contribution >= 4 is 27.9 Å². The number of nitrogen functional groups attached to an aromatic ring is 1. The molecule has 0 aliphatic carbocycles. The number of fused-ring (bicyclic) bond motifs is 2. The zero-order valence-corrected chi connectivity index (χ0v) is 17.0. The SMILES string of the molecule is N=C(N)c1ccc2nc(Cc3nc4c(OCCN5CCCC5)cc(F)cc4[nH]3)[nH]c2c1. The van der Waals surface area contributed by atoms with Crippen LogP contribution in [-0.2, 0) is 6.42 Å². The molecule has 5 rings (SSSR count). The predicted octanol–water partition coefficient (Wildman–Crippen LogP) is 2.93. The van der Waals surface area contributed by atoms with Crippen molar-refractivity contribution in [2.45, 2.75) is 19.3 Å². The van der Waals surface area contributed by atoms with Crippen LogP contribution >= 0.6 is 0 Å². The van der Waals surface area contributed by atoms with Crippen LogP contribution in [0, 0.1) is 11.2 Å². The van der Waals surface area contributed by atoms with E-state index in [1.807, 2.05) is 6.07 Å². The molecule has 8 nitrogen and oxygen atoms in total. The number of nitrogens with zero attached hydrogens (tertiary/aromatic N) is 3. The lowest BCUT2D eigenvalue weighted by Gasteiger charge is -2.15. The average molecular weight is 421 g/mol. The van der Waals surface area contributed by atoms with Crippen LogP contribution in [0.5, 0.6) is 5.75 Å². The maximum absolute atomic E-state index is 14.1. The van der Waals surface area contributed by atoms with Gasteiger partial charge >= 0.3 is 0 Å². The van der Waals surface area contributed by atoms with Crippen LogP contribution in [0.4, 0.5) is 4.39 Å². The Kier molecular flexibility index (Phi) is 5.03. The molecule has 1 saturated heterocycles. The molecule has 0 radical (unpaired) electrons. The Balaban J connectivity index is 1.36. The molecule has 0 unspecified atom stereocenters. The molecule has 0 saturated carbocycles. The van der Waals surface area contributed by atoms with Crippen molar-refractivity contribution in [2.75, 3.05) is 26.2 Å². The van der Waals surface area contributed by atoms with E-state index in [-0.39, 0.29) is 11.7 Å². The van der Waals surface area contributed by atoms with Gasteiger partial charge in [-0.3, -0.25) is 10.3 Å². The van der Waals surface area contributed by atoms with Gasteiger partial charge in [-0.05, 0) is 50.2 Å². The first-order valence-electron chi connectivity index (χ1n) is 10.4. The van der Waals surface area contributed by atoms with Crippen molar-refractivity contribution in [2.24, 2.45) is 5.73 Å². The molecular formula is C22H24FN7O. The van der Waals surface area contributed by atoms with Gasteiger partial charge in [-0.25, -0.2) is 14.4 Å². The molecular weight excluding hydrogens is 397 g/mol. The molecule has 1 aliphatic rings. The average Bonchev–Trinajstić information content (AvgIpc) is 3.46. The van der Waals surface area contributed by atoms with Gasteiger partial charge in [0.2, 0.25) is 0 Å². The van der Waals surface area contributed by atoms with Crippen LogP contribution in [0.2, 0.25) is 0 Å². The summed E-state index contributed by atoms with van der Waals surface area (Å²) in [5.74, 6) is 1.48.